The summed E-state index contributed by atoms with van der Waals surface area (Å²) in [5.74, 6) is -2.20. The van der Waals surface area contributed by atoms with Gasteiger partial charge in [0.25, 0.3) is 0 Å². The van der Waals surface area contributed by atoms with Crippen molar-refractivity contribution in [1.29, 1.82) is 0 Å². The van der Waals surface area contributed by atoms with Crippen molar-refractivity contribution in [3.63, 3.8) is 0 Å². The lowest BCUT2D eigenvalue weighted by atomic mass is 9.58. The molecular weight excluding hydrogens is 450 g/mol. The number of aliphatic hydroxyl groups is 3. The summed E-state index contributed by atoms with van der Waals surface area (Å²) in [5.41, 5.74) is 1.41. The Hall–Kier alpha value is -2.42. The molecule has 11 atom stereocenters. The van der Waals surface area contributed by atoms with E-state index in [1.165, 1.54) is 0 Å². The zero-order valence-electron chi connectivity index (χ0n) is 20.7. The fourth-order valence-corrected chi connectivity index (χ4v) is 6.35. The molecule has 2 heterocycles. The summed E-state index contributed by atoms with van der Waals surface area (Å²) in [6.45, 7) is 7.36. The molecule has 1 unspecified atom stereocenters. The minimum absolute atomic E-state index is 0.0258. The zero-order chi connectivity index (χ0) is 25.4. The van der Waals surface area contributed by atoms with E-state index in [9.17, 15) is 24.9 Å². The molecule has 0 bridgehead atoms. The molecule has 0 radical (unpaired) electrons. The van der Waals surface area contributed by atoms with Crippen LogP contribution in [0.15, 0.2) is 42.1 Å². The number of allylic oxidation sites excluding steroid dienone is 3. The Morgan fingerprint density at radius 3 is 2.57 bits per heavy atom. The Morgan fingerprint density at radius 1 is 1.20 bits per heavy atom. The maximum absolute atomic E-state index is 12.6. The van der Waals surface area contributed by atoms with Crippen LogP contribution in [0.25, 0.3) is 0 Å². The Morgan fingerprint density at radius 2 is 1.91 bits per heavy atom. The number of H-pyrrole nitrogens is 1. The van der Waals surface area contributed by atoms with E-state index in [0.717, 1.165) is 5.57 Å². The first-order valence-corrected chi connectivity index (χ1v) is 12.5. The maximum atomic E-state index is 12.6. The summed E-state index contributed by atoms with van der Waals surface area (Å²) in [7, 11) is 0. The van der Waals surface area contributed by atoms with E-state index >= 15 is 0 Å². The third-order valence-electron chi connectivity index (χ3n) is 8.14. The van der Waals surface area contributed by atoms with E-state index in [4.69, 9.17) is 9.47 Å². The number of carbonyl (C=O) groups is 2. The molecule has 4 rings (SSSR count). The molecule has 0 saturated heterocycles. The third-order valence-corrected chi connectivity index (χ3v) is 8.14. The molecule has 0 amide bonds. The highest BCUT2D eigenvalue weighted by atomic mass is 16.6. The third kappa shape index (κ3) is 5.10. The number of ether oxygens (including phenoxy) is 2. The first-order chi connectivity index (χ1) is 16.6. The molecule has 0 aromatic carbocycles. The van der Waals surface area contributed by atoms with Gasteiger partial charge in [-0.1, -0.05) is 37.6 Å². The summed E-state index contributed by atoms with van der Waals surface area (Å²) in [6.07, 6.45) is 4.32. The van der Waals surface area contributed by atoms with Crippen LogP contribution < -0.4 is 0 Å². The van der Waals surface area contributed by atoms with Crippen LogP contribution in [0.2, 0.25) is 0 Å². The van der Waals surface area contributed by atoms with Crippen LogP contribution >= 0.6 is 0 Å². The van der Waals surface area contributed by atoms with E-state index in [1.54, 1.807) is 25.3 Å². The van der Waals surface area contributed by atoms with Gasteiger partial charge in [0.1, 0.15) is 17.9 Å². The lowest BCUT2D eigenvalue weighted by Crippen LogP contribution is -2.52. The number of aromatic nitrogens is 1. The van der Waals surface area contributed by atoms with Crippen LogP contribution in [-0.2, 0) is 14.3 Å². The lowest BCUT2D eigenvalue weighted by molar-refractivity contribution is -0.168. The Bertz CT molecular complexity index is 968. The molecule has 1 aromatic heterocycles. The number of carbonyl (C=O) groups excluding carboxylic acids is 2. The number of esters is 2. The molecular formula is C27H37NO7. The molecule has 1 aromatic rings. The zero-order valence-corrected chi connectivity index (χ0v) is 20.7. The predicted octanol–water partition coefficient (Wildman–Crippen LogP) is 2.62. The minimum atomic E-state index is -1.32. The van der Waals surface area contributed by atoms with Gasteiger partial charge in [-0.15, -0.1) is 0 Å². The number of aliphatic hydroxyl groups excluding tert-OH is 3. The van der Waals surface area contributed by atoms with Crippen molar-refractivity contribution >= 4 is 11.9 Å². The molecule has 1 fully saturated rings. The van der Waals surface area contributed by atoms with Crippen LogP contribution in [0.5, 0.6) is 0 Å². The SMILES string of the molecule is C/C1=C\[C@@H](C)[C@@H]([C@@H](C)O)OC(=O)[C@@H](O)C[C@H]2C=C[C@H]3C[C@H](OC(=O)c4ccc[nH]4)[C@H](C)[C@@H](O)[C@H]3C12. The van der Waals surface area contributed by atoms with Gasteiger partial charge in [-0.25, -0.2) is 9.59 Å². The van der Waals surface area contributed by atoms with Crippen LogP contribution in [0, 0.1) is 35.5 Å². The predicted molar refractivity (Wildman–Crippen MR) is 128 cm³/mol. The normalized spacial score (nSPS) is 42.0. The van der Waals surface area contributed by atoms with Gasteiger partial charge < -0.3 is 29.8 Å². The second-order valence-electron chi connectivity index (χ2n) is 10.6. The molecule has 192 valence electrons. The van der Waals surface area contributed by atoms with E-state index in [-0.39, 0.29) is 41.9 Å². The Balaban J connectivity index is 1.64. The van der Waals surface area contributed by atoms with Gasteiger partial charge in [-0.3, -0.25) is 0 Å². The molecule has 8 heteroatoms. The summed E-state index contributed by atoms with van der Waals surface area (Å²) in [5, 5.41) is 32.3. The quantitative estimate of drug-likeness (QED) is 0.381. The minimum Gasteiger partial charge on any atom is -0.457 e. The van der Waals surface area contributed by atoms with E-state index in [0.29, 0.717) is 12.1 Å². The Kier molecular flexibility index (Phi) is 7.54. The van der Waals surface area contributed by atoms with Crippen LogP contribution in [-0.4, -0.2) is 62.8 Å². The number of fused-ring (bicyclic) bond motifs is 3. The smallest absolute Gasteiger partial charge is 0.355 e. The standard InChI is InChI=1S/C27H37NO7/c1-13-10-14(2)25(16(4)29)35-27(33)20(30)11-17-7-8-18-12-21(15(3)24(31)23(18)22(13)17)34-26(32)19-6-5-9-28-19/h5-10,14-18,20-25,28-31H,11-12H2,1-4H3/b13-10+/t14-,15+,16-,17-,18+,20+,21+,22?,23-,24-,25+/m1/s1. The fraction of sp³-hybridized carbons (Fsp3) is 0.630. The number of cyclic esters (lactones) is 1. The van der Waals surface area contributed by atoms with Crippen molar-refractivity contribution in [3.8, 4) is 0 Å². The summed E-state index contributed by atoms with van der Waals surface area (Å²) in [4.78, 5) is 28.0. The molecule has 4 N–H and O–H groups in total. The van der Waals surface area contributed by atoms with Crippen molar-refractivity contribution in [2.75, 3.05) is 0 Å². The van der Waals surface area contributed by atoms with Gasteiger partial charge >= 0.3 is 11.9 Å². The maximum Gasteiger partial charge on any atom is 0.355 e. The van der Waals surface area contributed by atoms with Gasteiger partial charge in [0.2, 0.25) is 0 Å². The number of rotatable bonds is 3. The average Bonchev–Trinajstić information content (AvgIpc) is 3.35. The van der Waals surface area contributed by atoms with E-state index in [1.807, 2.05) is 39.0 Å². The van der Waals surface area contributed by atoms with Gasteiger partial charge in [0, 0.05) is 18.0 Å². The van der Waals surface area contributed by atoms with Crippen molar-refractivity contribution in [2.24, 2.45) is 35.5 Å². The highest BCUT2D eigenvalue weighted by molar-refractivity contribution is 5.87. The molecule has 1 aliphatic heterocycles. The summed E-state index contributed by atoms with van der Waals surface area (Å²) in [6, 6.07) is 3.39. The average molecular weight is 488 g/mol. The van der Waals surface area contributed by atoms with Crippen LogP contribution in [0.3, 0.4) is 0 Å². The number of nitrogens with one attached hydrogen (secondary N) is 1. The van der Waals surface area contributed by atoms with E-state index < -0.39 is 42.5 Å². The second-order valence-corrected chi connectivity index (χ2v) is 10.6. The van der Waals surface area contributed by atoms with Crippen LogP contribution in [0.1, 0.15) is 51.0 Å². The first-order valence-electron chi connectivity index (χ1n) is 12.5. The molecule has 2 aliphatic carbocycles. The monoisotopic (exact) mass is 487 g/mol. The van der Waals surface area contributed by atoms with Gasteiger partial charge in [0.15, 0.2) is 6.10 Å². The van der Waals surface area contributed by atoms with Crippen LogP contribution in [0.4, 0.5) is 0 Å². The highest BCUT2D eigenvalue weighted by Gasteiger charge is 2.50. The van der Waals surface area contributed by atoms with Crippen molar-refractivity contribution in [1.82, 2.24) is 4.98 Å². The van der Waals surface area contributed by atoms with E-state index in [2.05, 4.69) is 4.98 Å². The fourth-order valence-electron chi connectivity index (χ4n) is 6.35. The Labute approximate surface area is 206 Å². The molecule has 3 aliphatic rings. The van der Waals surface area contributed by atoms with Crippen molar-refractivity contribution in [3.05, 3.63) is 47.8 Å². The molecule has 8 nitrogen and oxygen atoms in total. The number of hydrogen-bond donors (Lipinski definition) is 4. The molecule has 35 heavy (non-hydrogen) atoms. The number of aromatic amines is 1. The first kappa shape index (κ1) is 25.7. The molecule has 0 spiro atoms. The van der Waals surface area contributed by atoms with Gasteiger partial charge in [0.05, 0.1) is 12.2 Å². The lowest BCUT2D eigenvalue weighted by Gasteiger charge is -2.50. The second kappa shape index (κ2) is 10.3. The molecule has 1 saturated carbocycles. The van der Waals surface area contributed by atoms with Crippen molar-refractivity contribution in [2.45, 2.75) is 71.1 Å². The van der Waals surface area contributed by atoms with Crippen molar-refractivity contribution < 1.29 is 34.4 Å². The summed E-state index contributed by atoms with van der Waals surface area (Å²) < 4.78 is 11.3. The number of hydrogen-bond acceptors (Lipinski definition) is 7. The van der Waals surface area contributed by atoms with Gasteiger partial charge in [-0.2, -0.15) is 0 Å². The largest absolute Gasteiger partial charge is 0.457 e. The summed E-state index contributed by atoms with van der Waals surface area (Å²) >= 11 is 0. The topological polar surface area (TPSA) is 129 Å². The highest BCUT2D eigenvalue weighted by Crippen LogP contribution is 2.50. The van der Waals surface area contributed by atoms with Gasteiger partial charge in [-0.05, 0) is 62.5 Å².